The molecule has 1 unspecified atom stereocenters. The Bertz CT molecular complexity index is 798. The van der Waals surface area contributed by atoms with Crippen LogP contribution in [0.25, 0.3) is 0 Å². The lowest BCUT2D eigenvalue weighted by molar-refractivity contribution is -0.143. The van der Waals surface area contributed by atoms with E-state index in [0.29, 0.717) is 12.0 Å². The Hall–Kier alpha value is -2.96. The number of carboxylic acid groups (broad SMARTS) is 1. The molecule has 5 nitrogen and oxygen atoms in total. The van der Waals surface area contributed by atoms with Gasteiger partial charge in [0.1, 0.15) is 11.2 Å². The second kappa shape index (κ2) is 9.12. The Morgan fingerprint density at radius 1 is 1.15 bits per heavy atom. The molecule has 27 heavy (non-hydrogen) atoms. The van der Waals surface area contributed by atoms with Crippen molar-refractivity contribution >= 4 is 11.9 Å². The number of aliphatic carboxylic acids is 1. The maximum Gasteiger partial charge on any atom is 0.315 e. The Kier molecular flexibility index (Phi) is 6.87. The van der Waals surface area contributed by atoms with Crippen molar-refractivity contribution in [3.05, 3.63) is 65.7 Å². The number of ether oxygens (including phenoxy) is 1. The number of benzene rings is 2. The van der Waals surface area contributed by atoms with Gasteiger partial charge in [-0.05, 0) is 31.0 Å². The molecule has 0 fully saturated rings. The summed E-state index contributed by atoms with van der Waals surface area (Å²) < 4.78 is 31.4. The molecule has 0 radical (unpaired) electrons. The normalized spacial score (nSPS) is 12.9. The van der Waals surface area contributed by atoms with Crippen LogP contribution in [0.5, 0.6) is 5.75 Å². The zero-order valence-corrected chi connectivity index (χ0v) is 14.9. The molecule has 0 saturated heterocycles. The minimum atomic E-state index is -1.25. The Morgan fingerprint density at radius 2 is 1.85 bits per heavy atom. The molecule has 0 aliphatic carbocycles. The van der Waals surface area contributed by atoms with Gasteiger partial charge in [0.2, 0.25) is 5.91 Å². The van der Waals surface area contributed by atoms with Crippen molar-refractivity contribution < 1.29 is 28.2 Å². The summed E-state index contributed by atoms with van der Waals surface area (Å²) in [5, 5.41) is 12.2. The Balaban J connectivity index is 1.80. The molecule has 0 aliphatic heterocycles. The molecule has 1 atom stereocenters. The highest BCUT2D eigenvalue weighted by molar-refractivity contribution is 5.83. The lowest BCUT2D eigenvalue weighted by atomic mass is 9.82. The molecule has 0 aliphatic rings. The first kappa shape index (κ1) is 20.4. The van der Waals surface area contributed by atoms with Gasteiger partial charge in [-0.25, -0.2) is 8.78 Å². The summed E-state index contributed by atoms with van der Waals surface area (Å²) in [4.78, 5) is 23.7. The number of carbonyl (C=O) groups excluding carboxylic acids is 1. The fourth-order valence-electron chi connectivity index (χ4n) is 2.48. The largest absolute Gasteiger partial charge is 0.491 e. The van der Waals surface area contributed by atoms with Gasteiger partial charge in [-0.15, -0.1) is 0 Å². The van der Waals surface area contributed by atoms with Crippen molar-refractivity contribution in [2.24, 2.45) is 0 Å². The van der Waals surface area contributed by atoms with Gasteiger partial charge in [0.15, 0.2) is 11.6 Å². The van der Waals surface area contributed by atoms with E-state index in [-0.39, 0.29) is 31.2 Å². The van der Waals surface area contributed by atoms with Crippen molar-refractivity contribution in [3.63, 3.8) is 0 Å². The van der Waals surface area contributed by atoms with Crippen LogP contribution in [0.15, 0.2) is 48.5 Å². The smallest absolute Gasteiger partial charge is 0.315 e. The van der Waals surface area contributed by atoms with Crippen molar-refractivity contribution in [1.82, 2.24) is 5.32 Å². The van der Waals surface area contributed by atoms with Crippen LogP contribution in [0, 0.1) is 11.6 Å². The summed E-state index contributed by atoms with van der Waals surface area (Å²) in [6.07, 6.45) is 0.394. The van der Waals surface area contributed by atoms with Gasteiger partial charge in [0, 0.05) is 19.0 Å². The minimum absolute atomic E-state index is 0.0569. The third kappa shape index (κ3) is 5.51. The lowest BCUT2D eigenvalue weighted by Crippen LogP contribution is -2.44. The Labute approximate surface area is 156 Å². The molecule has 144 valence electrons. The number of amides is 1. The van der Waals surface area contributed by atoms with E-state index in [0.717, 1.165) is 12.1 Å². The third-order valence-electron chi connectivity index (χ3n) is 4.22. The second-order valence-corrected chi connectivity index (χ2v) is 6.31. The van der Waals surface area contributed by atoms with Crippen LogP contribution in [0.3, 0.4) is 0 Å². The first-order chi connectivity index (χ1) is 12.8. The third-order valence-corrected chi connectivity index (χ3v) is 4.22. The maximum absolute atomic E-state index is 13.4. The van der Waals surface area contributed by atoms with E-state index in [2.05, 4.69) is 5.32 Å². The van der Waals surface area contributed by atoms with Crippen molar-refractivity contribution in [2.45, 2.75) is 25.2 Å². The summed E-state index contributed by atoms with van der Waals surface area (Å²) in [6.45, 7) is 1.56. The van der Waals surface area contributed by atoms with Gasteiger partial charge < -0.3 is 15.2 Å². The standard InChI is InChI=1S/C20H21F2NO4/c1-20(19(25)26,14-6-3-2-4-7-14)13-23-18(24)8-5-11-27-17-10-9-15(21)12-16(17)22/h2-4,6-7,9-10,12H,5,8,11,13H2,1H3,(H,23,24)(H,25,26). The Morgan fingerprint density at radius 3 is 2.48 bits per heavy atom. The van der Waals surface area contributed by atoms with Crippen LogP contribution < -0.4 is 10.1 Å². The predicted octanol–water partition coefficient (Wildman–Crippen LogP) is 3.28. The molecular formula is C20H21F2NO4. The van der Waals surface area contributed by atoms with E-state index in [1.807, 2.05) is 0 Å². The molecule has 7 heteroatoms. The van der Waals surface area contributed by atoms with Gasteiger partial charge in [0.05, 0.1) is 6.61 Å². The number of hydrogen-bond acceptors (Lipinski definition) is 3. The fourth-order valence-corrected chi connectivity index (χ4v) is 2.48. The summed E-state index contributed by atoms with van der Waals surface area (Å²) in [7, 11) is 0. The van der Waals surface area contributed by atoms with Crippen LogP contribution in [0.1, 0.15) is 25.3 Å². The average Bonchev–Trinajstić information content (AvgIpc) is 2.65. The zero-order chi connectivity index (χ0) is 19.9. The molecule has 1 amide bonds. The molecule has 0 saturated carbocycles. The number of hydrogen-bond donors (Lipinski definition) is 2. The molecule has 2 aromatic rings. The number of carbonyl (C=O) groups is 2. The molecule has 0 bridgehead atoms. The first-order valence-corrected chi connectivity index (χ1v) is 8.46. The highest BCUT2D eigenvalue weighted by Gasteiger charge is 2.35. The summed E-state index contributed by atoms with van der Waals surface area (Å²) in [5.74, 6) is -2.95. The SMILES string of the molecule is CC(CNC(=O)CCCOc1ccc(F)cc1F)(C(=O)O)c1ccccc1. The molecule has 2 N–H and O–H groups in total. The van der Waals surface area contributed by atoms with E-state index >= 15 is 0 Å². The van der Waals surface area contributed by atoms with E-state index < -0.39 is 23.0 Å². The number of nitrogens with one attached hydrogen (secondary N) is 1. The number of carboxylic acids is 1. The molecule has 0 aromatic heterocycles. The van der Waals surface area contributed by atoms with Gasteiger partial charge >= 0.3 is 5.97 Å². The van der Waals surface area contributed by atoms with Crippen LogP contribution in [-0.2, 0) is 15.0 Å². The predicted molar refractivity (Wildman–Crippen MR) is 95.5 cm³/mol. The molecular weight excluding hydrogens is 356 g/mol. The lowest BCUT2D eigenvalue weighted by Gasteiger charge is -2.25. The van der Waals surface area contributed by atoms with Crippen LogP contribution in [0.2, 0.25) is 0 Å². The average molecular weight is 377 g/mol. The second-order valence-electron chi connectivity index (χ2n) is 6.31. The summed E-state index contributed by atoms with van der Waals surface area (Å²) in [5.41, 5.74) is -0.655. The monoisotopic (exact) mass is 377 g/mol. The van der Waals surface area contributed by atoms with Gasteiger partial charge in [0.25, 0.3) is 0 Å². The van der Waals surface area contributed by atoms with Crippen molar-refractivity contribution in [3.8, 4) is 5.75 Å². The topological polar surface area (TPSA) is 75.6 Å². The van der Waals surface area contributed by atoms with E-state index in [1.54, 1.807) is 37.3 Å². The summed E-state index contributed by atoms with van der Waals surface area (Å²) in [6, 6.07) is 11.7. The van der Waals surface area contributed by atoms with Gasteiger partial charge in [-0.2, -0.15) is 0 Å². The molecule has 0 spiro atoms. The van der Waals surface area contributed by atoms with E-state index in [4.69, 9.17) is 4.74 Å². The quantitative estimate of drug-likeness (QED) is 0.658. The highest BCUT2D eigenvalue weighted by atomic mass is 19.1. The molecule has 2 rings (SSSR count). The zero-order valence-electron chi connectivity index (χ0n) is 14.9. The van der Waals surface area contributed by atoms with Crippen molar-refractivity contribution in [1.29, 1.82) is 0 Å². The molecule has 2 aromatic carbocycles. The first-order valence-electron chi connectivity index (χ1n) is 8.46. The maximum atomic E-state index is 13.4. The van der Waals surface area contributed by atoms with Gasteiger partial charge in [-0.1, -0.05) is 30.3 Å². The van der Waals surface area contributed by atoms with Crippen LogP contribution >= 0.6 is 0 Å². The van der Waals surface area contributed by atoms with E-state index in [1.165, 1.54) is 6.07 Å². The van der Waals surface area contributed by atoms with E-state index in [9.17, 15) is 23.5 Å². The van der Waals surface area contributed by atoms with Crippen LogP contribution in [0.4, 0.5) is 8.78 Å². The molecule has 0 heterocycles. The fraction of sp³-hybridized carbons (Fsp3) is 0.300. The summed E-state index contributed by atoms with van der Waals surface area (Å²) >= 11 is 0. The van der Waals surface area contributed by atoms with Crippen LogP contribution in [-0.4, -0.2) is 30.1 Å². The van der Waals surface area contributed by atoms with Crippen molar-refractivity contribution in [2.75, 3.05) is 13.2 Å². The number of rotatable bonds is 9. The minimum Gasteiger partial charge on any atom is -0.491 e. The highest BCUT2D eigenvalue weighted by Crippen LogP contribution is 2.23. The number of halogens is 2. The van der Waals surface area contributed by atoms with Gasteiger partial charge in [-0.3, -0.25) is 9.59 Å².